The van der Waals surface area contributed by atoms with Crippen molar-refractivity contribution < 1.29 is 9.53 Å². The average Bonchev–Trinajstić information content (AvgIpc) is 2.67. The topological polar surface area (TPSA) is 63.2 Å². The van der Waals surface area contributed by atoms with Gasteiger partial charge in [0.15, 0.2) is 0 Å². The number of nitrogens with one attached hydrogen (secondary N) is 2. The molecule has 0 aliphatic heterocycles. The highest BCUT2D eigenvalue weighted by Gasteiger charge is 2.09. The predicted molar refractivity (Wildman–Crippen MR) is 109 cm³/mol. The zero-order chi connectivity index (χ0) is 19.4. The van der Waals surface area contributed by atoms with Gasteiger partial charge >= 0.3 is 0 Å². The summed E-state index contributed by atoms with van der Waals surface area (Å²) in [5, 5.41) is 6.56. The van der Waals surface area contributed by atoms with E-state index < -0.39 is 0 Å². The standard InChI is InChI=1S/C20H17Cl2N3O2/c1-12-9-14(23-2)4-7-18(12)27-19-8-5-15(11-24-19)25-20(26)13-3-6-16(21)17(22)10-13/h3-11,23H,1-2H3,(H,25,26). The highest BCUT2D eigenvalue weighted by molar-refractivity contribution is 6.42. The number of benzene rings is 2. The van der Waals surface area contributed by atoms with Crippen LogP contribution in [0.5, 0.6) is 11.6 Å². The predicted octanol–water partition coefficient (Wildman–Crippen LogP) is 5.78. The van der Waals surface area contributed by atoms with Gasteiger partial charge in [0, 0.05) is 24.4 Å². The zero-order valence-electron chi connectivity index (χ0n) is 14.7. The average molecular weight is 402 g/mol. The quantitative estimate of drug-likeness (QED) is 0.568. The Hall–Kier alpha value is -2.76. The summed E-state index contributed by atoms with van der Waals surface area (Å²) in [4.78, 5) is 16.5. The van der Waals surface area contributed by atoms with Gasteiger partial charge < -0.3 is 15.4 Å². The molecule has 0 radical (unpaired) electrons. The van der Waals surface area contributed by atoms with Crippen LogP contribution in [0.15, 0.2) is 54.7 Å². The Morgan fingerprint density at radius 1 is 1.00 bits per heavy atom. The summed E-state index contributed by atoms with van der Waals surface area (Å²) in [5.41, 5.74) is 2.94. The summed E-state index contributed by atoms with van der Waals surface area (Å²) < 4.78 is 5.80. The van der Waals surface area contributed by atoms with Crippen molar-refractivity contribution in [1.82, 2.24) is 4.98 Å². The number of anilines is 2. The third-order valence-corrected chi connectivity index (χ3v) is 4.59. The van der Waals surface area contributed by atoms with Gasteiger partial charge in [0.05, 0.1) is 21.9 Å². The number of pyridine rings is 1. The molecular formula is C20H17Cl2N3O2. The summed E-state index contributed by atoms with van der Waals surface area (Å²) in [6, 6.07) is 13.9. The normalized spacial score (nSPS) is 10.4. The van der Waals surface area contributed by atoms with Gasteiger partial charge in [0.25, 0.3) is 5.91 Å². The molecule has 0 saturated carbocycles. The van der Waals surface area contributed by atoms with Crippen molar-refractivity contribution in [2.24, 2.45) is 0 Å². The summed E-state index contributed by atoms with van der Waals surface area (Å²) in [7, 11) is 1.86. The molecular weight excluding hydrogens is 385 g/mol. The van der Waals surface area contributed by atoms with Gasteiger partial charge in [0.2, 0.25) is 5.88 Å². The molecule has 0 aliphatic carbocycles. The fourth-order valence-corrected chi connectivity index (χ4v) is 2.69. The first-order chi connectivity index (χ1) is 13.0. The van der Waals surface area contributed by atoms with Crippen molar-refractivity contribution in [3.05, 3.63) is 75.9 Å². The number of rotatable bonds is 5. The Morgan fingerprint density at radius 3 is 2.41 bits per heavy atom. The first-order valence-corrected chi connectivity index (χ1v) is 8.90. The van der Waals surface area contributed by atoms with Gasteiger partial charge in [-0.2, -0.15) is 0 Å². The van der Waals surface area contributed by atoms with Crippen LogP contribution in [0.25, 0.3) is 0 Å². The number of aromatic nitrogens is 1. The second-order valence-corrected chi connectivity index (χ2v) is 6.61. The number of hydrogen-bond acceptors (Lipinski definition) is 4. The largest absolute Gasteiger partial charge is 0.439 e. The second-order valence-electron chi connectivity index (χ2n) is 5.80. The summed E-state index contributed by atoms with van der Waals surface area (Å²) in [6.07, 6.45) is 1.53. The minimum absolute atomic E-state index is 0.303. The molecule has 2 N–H and O–H groups in total. The van der Waals surface area contributed by atoms with Gasteiger partial charge in [-0.15, -0.1) is 0 Å². The van der Waals surface area contributed by atoms with Gasteiger partial charge in [-0.05, 0) is 55.0 Å². The zero-order valence-corrected chi connectivity index (χ0v) is 16.2. The van der Waals surface area contributed by atoms with Crippen LogP contribution < -0.4 is 15.4 Å². The van der Waals surface area contributed by atoms with Gasteiger partial charge in [-0.1, -0.05) is 23.2 Å². The fraction of sp³-hybridized carbons (Fsp3) is 0.100. The summed E-state index contributed by atoms with van der Waals surface area (Å²) in [5.74, 6) is 0.847. The molecule has 138 valence electrons. The van der Waals surface area contributed by atoms with E-state index in [2.05, 4.69) is 15.6 Å². The Balaban J connectivity index is 1.68. The first-order valence-electron chi connectivity index (χ1n) is 8.15. The molecule has 0 saturated heterocycles. The molecule has 1 amide bonds. The summed E-state index contributed by atoms with van der Waals surface area (Å²) >= 11 is 11.8. The number of ether oxygens (including phenoxy) is 1. The van der Waals surface area contributed by atoms with Crippen molar-refractivity contribution in [1.29, 1.82) is 0 Å². The number of aryl methyl sites for hydroxylation is 1. The first kappa shape index (κ1) is 19.0. The van der Waals surface area contributed by atoms with Gasteiger partial charge in [-0.3, -0.25) is 4.79 Å². The Bertz CT molecular complexity index is 975. The van der Waals surface area contributed by atoms with Crippen LogP contribution >= 0.6 is 23.2 Å². The summed E-state index contributed by atoms with van der Waals surface area (Å²) in [6.45, 7) is 1.96. The molecule has 3 aromatic rings. The number of halogens is 2. The van der Waals surface area contributed by atoms with Crippen LogP contribution in [-0.2, 0) is 0 Å². The molecule has 0 unspecified atom stereocenters. The van der Waals surface area contributed by atoms with Crippen molar-refractivity contribution in [2.45, 2.75) is 6.92 Å². The van der Waals surface area contributed by atoms with Crippen molar-refractivity contribution in [3.8, 4) is 11.6 Å². The SMILES string of the molecule is CNc1ccc(Oc2ccc(NC(=O)c3ccc(Cl)c(Cl)c3)cn2)c(C)c1. The van der Waals surface area contributed by atoms with Crippen LogP contribution in [0.1, 0.15) is 15.9 Å². The van der Waals surface area contributed by atoms with Crippen LogP contribution in [0.4, 0.5) is 11.4 Å². The Morgan fingerprint density at radius 2 is 1.78 bits per heavy atom. The lowest BCUT2D eigenvalue weighted by atomic mass is 10.2. The maximum atomic E-state index is 12.3. The second kappa shape index (κ2) is 8.29. The molecule has 0 fully saturated rings. The minimum Gasteiger partial charge on any atom is -0.439 e. The Labute approximate surface area is 167 Å². The molecule has 0 spiro atoms. The van der Waals surface area contributed by atoms with Crippen LogP contribution in [0, 0.1) is 6.92 Å². The molecule has 1 heterocycles. The Kier molecular flexibility index (Phi) is 5.84. The molecule has 0 atom stereocenters. The van der Waals surface area contributed by atoms with E-state index in [0.717, 1.165) is 11.3 Å². The maximum absolute atomic E-state index is 12.3. The monoisotopic (exact) mass is 401 g/mol. The molecule has 2 aromatic carbocycles. The van der Waals surface area contributed by atoms with Crippen molar-refractivity contribution in [2.75, 3.05) is 17.7 Å². The number of nitrogens with zero attached hydrogens (tertiary/aromatic N) is 1. The highest BCUT2D eigenvalue weighted by Crippen LogP contribution is 2.27. The molecule has 0 bridgehead atoms. The van der Waals surface area contributed by atoms with E-state index in [1.807, 2.05) is 32.2 Å². The van der Waals surface area contributed by atoms with Crippen LogP contribution in [0.2, 0.25) is 10.0 Å². The third-order valence-electron chi connectivity index (χ3n) is 3.85. The van der Waals surface area contributed by atoms with Gasteiger partial charge in [0.1, 0.15) is 5.75 Å². The molecule has 27 heavy (non-hydrogen) atoms. The van der Waals surface area contributed by atoms with E-state index >= 15 is 0 Å². The van der Waals surface area contributed by atoms with E-state index in [9.17, 15) is 4.79 Å². The lowest BCUT2D eigenvalue weighted by Gasteiger charge is -2.10. The number of carbonyl (C=O) groups is 1. The molecule has 7 heteroatoms. The minimum atomic E-state index is -0.303. The third kappa shape index (κ3) is 4.70. The molecule has 3 rings (SSSR count). The molecule has 0 aliphatic rings. The smallest absolute Gasteiger partial charge is 0.255 e. The van der Waals surface area contributed by atoms with Crippen molar-refractivity contribution >= 4 is 40.5 Å². The van der Waals surface area contributed by atoms with E-state index in [0.29, 0.717) is 32.9 Å². The number of carbonyl (C=O) groups excluding carboxylic acids is 1. The highest BCUT2D eigenvalue weighted by atomic mass is 35.5. The van der Waals surface area contributed by atoms with Crippen molar-refractivity contribution in [3.63, 3.8) is 0 Å². The molecule has 5 nitrogen and oxygen atoms in total. The number of amides is 1. The number of hydrogen-bond donors (Lipinski definition) is 2. The molecule has 1 aromatic heterocycles. The lowest BCUT2D eigenvalue weighted by Crippen LogP contribution is -2.12. The maximum Gasteiger partial charge on any atom is 0.255 e. The van der Waals surface area contributed by atoms with E-state index in [4.69, 9.17) is 27.9 Å². The van der Waals surface area contributed by atoms with Gasteiger partial charge in [-0.25, -0.2) is 4.98 Å². The fourth-order valence-electron chi connectivity index (χ4n) is 2.39. The lowest BCUT2D eigenvalue weighted by molar-refractivity contribution is 0.102. The van der Waals surface area contributed by atoms with E-state index in [1.54, 1.807) is 24.3 Å². The van der Waals surface area contributed by atoms with E-state index in [-0.39, 0.29) is 5.91 Å². The van der Waals surface area contributed by atoms with Crippen LogP contribution in [0.3, 0.4) is 0 Å². The van der Waals surface area contributed by atoms with Crippen LogP contribution in [-0.4, -0.2) is 17.9 Å². The van der Waals surface area contributed by atoms with E-state index in [1.165, 1.54) is 12.3 Å².